The predicted molar refractivity (Wildman–Crippen MR) is 69.4 cm³/mol. The van der Waals surface area contributed by atoms with E-state index < -0.39 is 22.4 Å². The molecule has 1 N–H and O–H groups in total. The van der Waals surface area contributed by atoms with Crippen molar-refractivity contribution < 1.29 is 21.9 Å². The van der Waals surface area contributed by atoms with Crippen LogP contribution in [0.4, 0.5) is 14.5 Å². The Labute approximate surface area is 120 Å². The van der Waals surface area contributed by atoms with Crippen LogP contribution < -0.4 is 9.46 Å². The quantitative estimate of drug-likeness (QED) is 0.787. The van der Waals surface area contributed by atoms with Gasteiger partial charge in [0.1, 0.15) is 4.66 Å². The summed E-state index contributed by atoms with van der Waals surface area (Å²) in [5.41, 5.74) is 0.0473. The highest BCUT2D eigenvalue weighted by molar-refractivity contribution is 9.10. The Hall–Kier alpha value is -0.310. The Bertz CT molecular complexity index is 518. The van der Waals surface area contributed by atoms with E-state index in [9.17, 15) is 17.2 Å². The van der Waals surface area contributed by atoms with Gasteiger partial charge in [0, 0.05) is 0 Å². The highest BCUT2D eigenvalue weighted by atomic mass is 79.9. The molecule has 0 fully saturated rings. The van der Waals surface area contributed by atoms with Crippen LogP contribution in [0.3, 0.4) is 0 Å². The van der Waals surface area contributed by atoms with Crippen molar-refractivity contribution in [1.82, 2.24) is 0 Å². The van der Waals surface area contributed by atoms with Crippen molar-refractivity contribution in [2.75, 3.05) is 9.38 Å². The Morgan fingerprint density at radius 2 is 1.83 bits per heavy atom. The minimum Gasteiger partial charge on any atom is -0.432 e. The van der Waals surface area contributed by atoms with Crippen LogP contribution in [0.1, 0.15) is 0 Å². The first kappa shape index (κ1) is 15.7. The molecule has 102 valence electrons. The number of ether oxygens (including phenoxy) is 1. The van der Waals surface area contributed by atoms with Gasteiger partial charge in [-0.1, -0.05) is 39.1 Å². The summed E-state index contributed by atoms with van der Waals surface area (Å²) in [6.45, 7) is -3.08. The number of sulfonamides is 1. The summed E-state index contributed by atoms with van der Waals surface area (Å²) in [5.74, 6) is -0.407. The molecular weight excluding hydrogens is 379 g/mol. The van der Waals surface area contributed by atoms with Gasteiger partial charge in [0.05, 0.1) is 15.7 Å². The molecule has 0 radical (unpaired) electrons. The van der Waals surface area contributed by atoms with Crippen LogP contribution in [0.5, 0.6) is 5.75 Å². The number of rotatable bonds is 5. The van der Waals surface area contributed by atoms with Crippen molar-refractivity contribution in [2.45, 2.75) is 6.61 Å². The van der Waals surface area contributed by atoms with Gasteiger partial charge in [0.2, 0.25) is 10.0 Å². The zero-order valence-electron chi connectivity index (χ0n) is 8.46. The highest BCUT2D eigenvalue weighted by Crippen LogP contribution is 2.37. The topological polar surface area (TPSA) is 55.4 Å². The summed E-state index contributed by atoms with van der Waals surface area (Å²) < 4.78 is 52.5. The number of hydrogen-bond acceptors (Lipinski definition) is 3. The van der Waals surface area contributed by atoms with E-state index in [1.54, 1.807) is 0 Å². The van der Waals surface area contributed by atoms with E-state index >= 15 is 0 Å². The Morgan fingerprint density at radius 1 is 1.33 bits per heavy atom. The Kier molecular flexibility index (Phi) is 5.45. The average molecular weight is 385 g/mol. The predicted octanol–water partition coefficient (Wildman–Crippen LogP) is 3.69. The van der Waals surface area contributed by atoms with E-state index in [0.717, 1.165) is 12.1 Å². The SMILES string of the molecule is O=S(=O)(CBr)Nc1cc(Cl)c(OC(F)F)c(Cl)c1. The van der Waals surface area contributed by atoms with Crippen LogP contribution in [0.25, 0.3) is 0 Å². The molecule has 4 nitrogen and oxygen atoms in total. The maximum atomic E-state index is 12.0. The third-order valence-corrected chi connectivity index (χ3v) is 4.83. The molecule has 18 heavy (non-hydrogen) atoms. The molecule has 1 aromatic carbocycles. The van der Waals surface area contributed by atoms with Gasteiger partial charge in [-0.3, -0.25) is 4.72 Å². The van der Waals surface area contributed by atoms with E-state index in [4.69, 9.17) is 23.2 Å². The van der Waals surface area contributed by atoms with Crippen molar-refractivity contribution in [3.8, 4) is 5.75 Å². The first-order valence-corrected chi connectivity index (χ1v) is 7.78. The molecule has 0 atom stereocenters. The lowest BCUT2D eigenvalue weighted by atomic mass is 10.3. The molecule has 0 aliphatic heterocycles. The largest absolute Gasteiger partial charge is 0.432 e. The zero-order chi connectivity index (χ0) is 13.9. The number of benzene rings is 1. The number of alkyl halides is 3. The maximum Gasteiger partial charge on any atom is 0.387 e. The molecule has 0 unspecified atom stereocenters. The van der Waals surface area contributed by atoms with Crippen LogP contribution in [0.15, 0.2) is 12.1 Å². The lowest BCUT2D eigenvalue weighted by Gasteiger charge is -2.11. The molecule has 0 heterocycles. The fourth-order valence-corrected chi connectivity index (χ4v) is 2.48. The van der Waals surface area contributed by atoms with Gasteiger partial charge in [-0.2, -0.15) is 8.78 Å². The second-order valence-electron chi connectivity index (χ2n) is 2.97. The third kappa shape index (κ3) is 4.42. The number of nitrogens with one attached hydrogen (secondary N) is 1. The molecule has 1 rings (SSSR count). The lowest BCUT2D eigenvalue weighted by Crippen LogP contribution is -2.13. The van der Waals surface area contributed by atoms with E-state index in [1.807, 2.05) is 0 Å². The van der Waals surface area contributed by atoms with Gasteiger partial charge in [-0.05, 0) is 12.1 Å². The van der Waals surface area contributed by atoms with Gasteiger partial charge in [0.15, 0.2) is 5.75 Å². The second-order valence-corrected chi connectivity index (χ2v) is 6.81. The van der Waals surface area contributed by atoms with Crippen molar-refractivity contribution >= 4 is 54.8 Å². The summed E-state index contributed by atoms with van der Waals surface area (Å²) in [5, 5.41) is -0.454. The molecule has 0 aliphatic carbocycles. The highest BCUT2D eigenvalue weighted by Gasteiger charge is 2.16. The van der Waals surface area contributed by atoms with Gasteiger partial charge in [0.25, 0.3) is 0 Å². The summed E-state index contributed by atoms with van der Waals surface area (Å²) >= 11 is 14.1. The standard InChI is InChI=1S/C8H6BrCl2F2NO3S/c9-3-18(15,16)14-4-1-5(10)7(6(11)2-4)17-8(12)13/h1-2,8,14H,3H2. The Morgan fingerprint density at radius 3 is 2.22 bits per heavy atom. The van der Waals surface area contributed by atoms with Crippen LogP contribution in [0.2, 0.25) is 10.0 Å². The van der Waals surface area contributed by atoms with Gasteiger partial charge in [-0.25, -0.2) is 8.42 Å². The van der Waals surface area contributed by atoms with Crippen molar-refractivity contribution in [2.24, 2.45) is 0 Å². The maximum absolute atomic E-state index is 12.0. The van der Waals surface area contributed by atoms with E-state index in [0.29, 0.717) is 0 Å². The lowest BCUT2D eigenvalue weighted by molar-refractivity contribution is -0.0497. The number of hydrogen-bond donors (Lipinski definition) is 1. The first-order chi connectivity index (χ1) is 8.25. The molecule has 10 heteroatoms. The number of halogens is 5. The monoisotopic (exact) mass is 383 g/mol. The van der Waals surface area contributed by atoms with Crippen molar-refractivity contribution in [3.05, 3.63) is 22.2 Å². The minimum absolute atomic E-state index is 0.0473. The van der Waals surface area contributed by atoms with Crippen LogP contribution in [0, 0.1) is 0 Å². The second kappa shape index (κ2) is 6.23. The molecule has 1 aromatic rings. The normalized spacial score (nSPS) is 11.7. The molecule has 0 aliphatic rings. The van der Waals surface area contributed by atoms with Crippen LogP contribution in [-0.4, -0.2) is 19.7 Å². The van der Waals surface area contributed by atoms with Crippen LogP contribution >= 0.6 is 39.1 Å². The Balaban J connectivity index is 3.07. The van der Waals surface area contributed by atoms with Gasteiger partial charge in [-0.15, -0.1) is 0 Å². The summed E-state index contributed by atoms with van der Waals surface area (Å²) in [7, 11) is -3.58. The average Bonchev–Trinajstić information content (AvgIpc) is 2.23. The molecule has 0 saturated heterocycles. The molecule has 0 saturated carbocycles. The zero-order valence-corrected chi connectivity index (χ0v) is 12.4. The first-order valence-electron chi connectivity index (χ1n) is 4.25. The van der Waals surface area contributed by atoms with E-state index in [2.05, 4.69) is 25.4 Å². The van der Waals surface area contributed by atoms with Crippen molar-refractivity contribution in [1.29, 1.82) is 0 Å². The minimum atomic E-state index is -3.58. The van der Waals surface area contributed by atoms with E-state index in [1.165, 1.54) is 0 Å². The van der Waals surface area contributed by atoms with Crippen molar-refractivity contribution in [3.63, 3.8) is 0 Å². The molecular formula is C8H6BrCl2F2NO3S. The summed E-state index contributed by atoms with van der Waals surface area (Å²) in [6.07, 6.45) is 0. The fourth-order valence-electron chi connectivity index (χ4n) is 1.03. The van der Waals surface area contributed by atoms with Gasteiger partial charge >= 0.3 is 6.61 Å². The molecule has 0 spiro atoms. The smallest absolute Gasteiger partial charge is 0.387 e. The molecule has 0 amide bonds. The summed E-state index contributed by atoms with van der Waals surface area (Å²) in [6, 6.07) is 2.23. The third-order valence-electron chi connectivity index (χ3n) is 1.62. The van der Waals surface area contributed by atoms with E-state index in [-0.39, 0.29) is 20.4 Å². The van der Waals surface area contributed by atoms with Crippen LogP contribution in [-0.2, 0) is 10.0 Å². The molecule has 0 aromatic heterocycles. The van der Waals surface area contributed by atoms with Gasteiger partial charge < -0.3 is 4.74 Å². The number of anilines is 1. The fraction of sp³-hybridized carbons (Fsp3) is 0.250. The summed E-state index contributed by atoms with van der Waals surface area (Å²) in [4.78, 5) is 0. The molecule has 0 bridgehead atoms.